The summed E-state index contributed by atoms with van der Waals surface area (Å²) in [6.07, 6.45) is 11.4. The van der Waals surface area contributed by atoms with Crippen LogP contribution in [0, 0.1) is 0 Å². The van der Waals surface area contributed by atoms with Gasteiger partial charge in [0.2, 0.25) is 5.91 Å². The Bertz CT molecular complexity index is 306. The van der Waals surface area contributed by atoms with E-state index in [4.69, 9.17) is 0 Å². The second-order valence-corrected chi connectivity index (χ2v) is 5.86. The molecular weight excluding hydrogens is 224 g/mol. The first-order valence-corrected chi connectivity index (χ1v) is 7.40. The van der Waals surface area contributed by atoms with E-state index in [1.54, 1.807) is 0 Å². The number of carbonyl (C=O) groups excluding carboxylic acids is 1. The molecule has 0 radical (unpaired) electrons. The van der Waals surface area contributed by atoms with Crippen LogP contribution in [-0.4, -0.2) is 35.5 Å². The number of nitrogens with zero attached hydrogens (tertiary/aromatic N) is 1. The van der Waals surface area contributed by atoms with Crippen LogP contribution in [0.15, 0.2) is 12.2 Å². The predicted molar refractivity (Wildman–Crippen MR) is 74.4 cm³/mol. The van der Waals surface area contributed by atoms with E-state index >= 15 is 0 Å². The van der Waals surface area contributed by atoms with Crippen molar-refractivity contribution < 1.29 is 4.79 Å². The lowest BCUT2D eigenvalue weighted by Crippen LogP contribution is -2.51. The number of hydrogen-bond donors (Lipinski definition) is 1. The van der Waals surface area contributed by atoms with Gasteiger partial charge in [0.1, 0.15) is 0 Å². The van der Waals surface area contributed by atoms with Crippen molar-refractivity contribution >= 4 is 5.91 Å². The van der Waals surface area contributed by atoms with E-state index in [1.807, 2.05) is 0 Å². The van der Waals surface area contributed by atoms with Gasteiger partial charge in [-0.25, -0.2) is 0 Å². The number of rotatable bonds is 3. The van der Waals surface area contributed by atoms with E-state index in [0.29, 0.717) is 18.0 Å². The summed E-state index contributed by atoms with van der Waals surface area (Å²) >= 11 is 0. The predicted octanol–water partition coefficient (Wildman–Crippen LogP) is 2.47. The van der Waals surface area contributed by atoms with Crippen LogP contribution in [0.25, 0.3) is 0 Å². The molecule has 18 heavy (non-hydrogen) atoms. The van der Waals surface area contributed by atoms with Gasteiger partial charge in [0.15, 0.2) is 0 Å². The van der Waals surface area contributed by atoms with Crippen LogP contribution in [-0.2, 0) is 4.79 Å². The van der Waals surface area contributed by atoms with Crippen LogP contribution in [0.3, 0.4) is 0 Å². The highest BCUT2D eigenvalue weighted by Gasteiger charge is 2.30. The Morgan fingerprint density at radius 2 is 1.94 bits per heavy atom. The molecule has 2 aliphatic rings. The smallest absolute Gasteiger partial charge is 0.240 e. The van der Waals surface area contributed by atoms with Crippen LogP contribution in [0.5, 0.6) is 0 Å². The van der Waals surface area contributed by atoms with Crippen molar-refractivity contribution in [2.24, 2.45) is 0 Å². The normalized spacial score (nSPS) is 26.7. The van der Waals surface area contributed by atoms with Gasteiger partial charge in [-0.2, -0.15) is 0 Å². The second-order valence-electron chi connectivity index (χ2n) is 5.86. The minimum atomic E-state index is -0.0225. The summed E-state index contributed by atoms with van der Waals surface area (Å²) in [6.45, 7) is 5.01. The Morgan fingerprint density at radius 3 is 2.61 bits per heavy atom. The van der Waals surface area contributed by atoms with Gasteiger partial charge in [-0.3, -0.25) is 4.79 Å². The summed E-state index contributed by atoms with van der Waals surface area (Å²) < 4.78 is 0. The van der Waals surface area contributed by atoms with Gasteiger partial charge in [-0.05, 0) is 19.3 Å². The summed E-state index contributed by atoms with van der Waals surface area (Å²) in [5.74, 6) is 0.306. The Kier molecular flexibility index (Phi) is 4.81. The summed E-state index contributed by atoms with van der Waals surface area (Å²) in [6, 6.07) is 0.815. The maximum atomic E-state index is 12.6. The SMILES string of the molecule is CC(C)NC1CC=CCN(C2CCCCC2)C1=O. The van der Waals surface area contributed by atoms with Crippen molar-refractivity contribution in [3.8, 4) is 0 Å². The van der Waals surface area contributed by atoms with E-state index in [-0.39, 0.29) is 6.04 Å². The minimum Gasteiger partial charge on any atom is -0.335 e. The van der Waals surface area contributed by atoms with Crippen LogP contribution in [0.1, 0.15) is 52.4 Å². The molecule has 1 unspecified atom stereocenters. The van der Waals surface area contributed by atoms with Crippen LogP contribution in [0.4, 0.5) is 0 Å². The molecule has 1 amide bonds. The van der Waals surface area contributed by atoms with E-state index in [9.17, 15) is 4.79 Å². The molecule has 2 rings (SSSR count). The van der Waals surface area contributed by atoms with Crippen molar-refractivity contribution in [3.05, 3.63) is 12.2 Å². The van der Waals surface area contributed by atoms with Crippen molar-refractivity contribution in [2.45, 2.75) is 70.5 Å². The quantitative estimate of drug-likeness (QED) is 0.780. The maximum absolute atomic E-state index is 12.6. The van der Waals surface area contributed by atoms with Gasteiger partial charge in [0.25, 0.3) is 0 Å². The molecule has 3 heteroatoms. The highest BCUT2D eigenvalue weighted by Crippen LogP contribution is 2.24. The molecule has 1 saturated carbocycles. The first-order chi connectivity index (χ1) is 8.68. The zero-order chi connectivity index (χ0) is 13.0. The third-order valence-electron chi connectivity index (χ3n) is 3.97. The largest absolute Gasteiger partial charge is 0.335 e. The Morgan fingerprint density at radius 1 is 1.22 bits per heavy atom. The molecule has 102 valence electrons. The molecule has 3 nitrogen and oxygen atoms in total. The Labute approximate surface area is 111 Å². The first-order valence-electron chi connectivity index (χ1n) is 7.40. The van der Waals surface area contributed by atoms with Gasteiger partial charge >= 0.3 is 0 Å². The van der Waals surface area contributed by atoms with Gasteiger partial charge in [0.05, 0.1) is 6.04 Å². The number of nitrogens with one attached hydrogen (secondary N) is 1. The zero-order valence-electron chi connectivity index (χ0n) is 11.7. The van der Waals surface area contributed by atoms with Crippen molar-refractivity contribution in [1.29, 1.82) is 0 Å². The lowest BCUT2D eigenvalue weighted by Gasteiger charge is -2.35. The monoisotopic (exact) mass is 250 g/mol. The van der Waals surface area contributed by atoms with Gasteiger partial charge in [0, 0.05) is 18.6 Å². The number of amides is 1. The van der Waals surface area contributed by atoms with E-state index in [2.05, 4.69) is 36.2 Å². The highest BCUT2D eigenvalue weighted by molar-refractivity contribution is 5.83. The number of carbonyl (C=O) groups is 1. The fraction of sp³-hybridized carbons (Fsp3) is 0.800. The zero-order valence-corrected chi connectivity index (χ0v) is 11.7. The van der Waals surface area contributed by atoms with Gasteiger partial charge in [-0.15, -0.1) is 0 Å². The molecule has 0 saturated heterocycles. The molecule has 1 aliphatic carbocycles. The van der Waals surface area contributed by atoms with Gasteiger partial charge < -0.3 is 10.2 Å². The molecule has 1 fully saturated rings. The van der Waals surface area contributed by atoms with Crippen LogP contribution >= 0.6 is 0 Å². The standard InChI is InChI=1S/C15H26N2O/c1-12(2)16-14-10-6-7-11-17(15(14)18)13-8-4-3-5-9-13/h6-7,12-14,16H,3-5,8-11H2,1-2H3. The van der Waals surface area contributed by atoms with E-state index in [0.717, 1.165) is 13.0 Å². The van der Waals surface area contributed by atoms with Gasteiger partial charge in [-0.1, -0.05) is 45.3 Å². The highest BCUT2D eigenvalue weighted by atomic mass is 16.2. The topological polar surface area (TPSA) is 32.3 Å². The Hall–Kier alpha value is -0.830. The summed E-state index contributed by atoms with van der Waals surface area (Å²) in [5, 5.41) is 3.40. The average Bonchev–Trinajstić information content (AvgIpc) is 2.53. The van der Waals surface area contributed by atoms with Crippen molar-refractivity contribution in [1.82, 2.24) is 10.2 Å². The van der Waals surface area contributed by atoms with Crippen molar-refractivity contribution in [2.75, 3.05) is 6.54 Å². The summed E-state index contributed by atoms with van der Waals surface area (Å²) in [5.41, 5.74) is 0. The molecule has 1 aliphatic heterocycles. The fourth-order valence-electron chi connectivity index (χ4n) is 3.07. The fourth-order valence-corrected chi connectivity index (χ4v) is 3.07. The molecular formula is C15H26N2O. The average molecular weight is 250 g/mol. The molecule has 1 atom stereocenters. The third-order valence-corrected chi connectivity index (χ3v) is 3.97. The second kappa shape index (κ2) is 6.37. The first kappa shape index (κ1) is 13.6. The van der Waals surface area contributed by atoms with Crippen LogP contribution < -0.4 is 5.32 Å². The molecule has 0 spiro atoms. The third kappa shape index (κ3) is 3.35. The summed E-state index contributed by atoms with van der Waals surface area (Å²) in [4.78, 5) is 14.7. The molecule has 1 heterocycles. The Balaban J connectivity index is 2.03. The molecule has 0 aromatic rings. The minimum absolute atomic E-state index is 0.0225. The van der Waals surface area contributed by atoms with E-state index in [1.165, 1.54) is 32.1 Å². The van der Waals surface area contributed by atoms with E-state index < -0.39 is 0 Å². The molecule has 1 N–H and O–H groups in total. The van der Waals surface area contributed by atoms with Crippen LogP contribution in [0.2, 0.25) is 0 Å². The number of hydrogen-bond acceptors (Lipinski definition) is 2. The maximum Gasteiger partial charge on any atom is 0.240 e. The molecule has 0 aromatic carbocycles. The lowest BCUT2D eigenvalue weighted by molar-refractivity contribution is -0.135. The molecule has 0 bridgehead atoms. The summed E-state index contributed by atoms with van der Waals surface area (Å²) in [7, 11) is 0. The van der Waals surface area contributed by atoms with Crippen molar-refractivity contribution in [3.63, 3.8) is 0 Å². The lowest BCUT2D eigenvalue weighted by atomic mass is 9.93. The molecule has 0 aromatic heterocycles.